The predicted octanol–water partition coefficient (Wildman–Crippen LogP) is 1.44. The Morgan fingerprint density at radius 3 is 2.81 bits per heavy atom. The van der Waals surface area contributed by atoms with Crippen molar-refractivity contribution in [3.63, 3.8) is 0 Å². The minimum Gasteiger partial charge on any atom is -0.481 e. The van der Waals surface area contributed by atoms with Gasteiger partial charge < -0.3 is 15.3 Å². The number of piperidine rings is 1. The summed E-state index contributed by atoms with van der Waals surface area (Å²) >= 11 is 0. The molecule has 0 aromatic rings. The van der Waals surface area contributed by atoms with E-state index in [1.165, 1.54) is 0 Å². The molecule has 1 aliphatic rings. The number of aliphatic carboxylic acids is 1. The lowest BCUT2D eigenvalue weighted by atomic mass is 10.00. The Balaban J connectivity index is 2.51. The van der Waals surface area contributed by atoms with Crippen LogP contribution in [0.5, 0.6) is 0 Å². The summed E-state index contributed by atoms with van der Waals surface area (Å²) in [4.78, 5) is 24.1. The van der Waals surface area contributed by atoms with Crippen molar-refractivity contribution >= 4 is 12.0 Å². The van der Waals surface area contributed by atoms with Crippen molar-refractivity contribution in [3.05, 3.63) is 0 Å². The molecular weight excluding hydrogens is 208 g/mol. The van der Waals surface area contributed by atoms with Crippen LogP contribution in [0, 0.1) is 0 Å². The number of hydrogen-bond donors (Lipinski definition) is 2. The summed E-state index contributed by atoms with van der Waals surface area (Å²) in [5, 5.41) is 11.6. The van der Waals surface area contributed by atoms with Gasteiger partial charge in [0.15, 0.2) is 0 Å². The van der Waals surface area contributed by atoms with Crippen LogP contribution in [-0.2, 0) is 4.79 Å². The molecule has 1 heterocycles. The van der Waals surface area contributed by atoms with E-state index in [1.807, 2.05) is 6.92 Å². The molecule has 0 aromatic heterocycles. The molecule has 5 heteroatoms. The highest BCUT2D eigenvalue weighted by Crippen LogP contribution is 2.19. The number of urea groups is 1. The van der Waals surface area contributed by atoms with Crippen molar-refractivity contribution in [2.24, 2.45) is 0 Å². The van der Waals surface area contributed by atoms with Gasteiger partial charge in [0.1, 0.15) is 0 Å². The molecule has 92 valence electrons. The fraction of sp³-hybridized carbons (Fsp3) is 0.818. The van der Waals surface area contributed by atoms with Crippen molar-refractivity contribution in [2.45, 2.75) is 45.1 Å². The van der Waals surface area contributed by atoms with Crippen LogP contribution in [0.4, 0.5) is 4.79 Å². The van der Waals surface area contributed by atoms with Gasteiger partial charge in [0.25, 0.3) is 0 Å². The van der Waals surface area contributed by atoms with E-state index in [4.69, 9.17) is 5.11 Å². The molecule has 1 saturated heterocycles. The van der Waals surface area contributed by atoms with Gasteiger partial charge in [-0.05, 0) is 25.7 Å². The molecule has 1 aliphatic heterocycles. The Morgan fingerprint density at radius 2 is 2.19 bits per heavy atom. The summed E-state index contributed by atoms with van der Waals surface area (Å²) in [6.07, 6.45) is 3.72. The topological polar surface area (TPSA) is 69.6 Å². The lowest BCUT2D eigenvalue weighted by molar-refractivity contribution is -0.138. The molecule has 0 saturated carbocycles. The van der Waals surface area contributed by atoms with E-state index >= 15 is 0 Å². The summed E-state index contributed by atoms with van der Waals surface area (Å²) in [5.74, 6) is -0.833. The van der Waals surface area contributed by atoms with Gasteiger partial charge in [-0.25, -0.2) is 4.79 Å². The first-order valence-corrected chi connectivity index (χ1v) is 5.91. The Labute approximate surface area is 95.8 Å². The van der Waals surface area contributed by atoms with Crippen LogP contribution in [0.15, 0.2) is 0 Å². The molecule has 1 unspecified atom stereocenters. The van der Waals surface area contributed by atoms with Crippen LogP contribution < -0.4 is 5.32 Å². The number of carboxylic acid groups (broad SMARTS) is 1. The van der Waals surface area contributed by atoms with Crippen LogP contribution in [0.3, 0.4) is 0 Å². The molecule has 1 atom stereocenters. The smallest absolute Gasteiger partial charge is 0.317 e. The van der Waals surface area contributed by atoms with E-state index < -0.39 is 5.97 Å². The maximum atomic E-state index is 11.8. The lowest BCUT2D eigenvalue weighted by Crippen LogP contribution is -2.49. The minimum atomic E-state index is -0.833. The monoisotopic (exact) mass is 228 g/mol. The van der Waals surface area contributed by atoms with Crippen LogP contribution in [0.25, 0.3) is 0 Å². The average molecular weight is 228 g/mol. The molecule has 0 aliphatic carbocycles. The highest BCUT2D eigenvalue weighted by Gasteiger charge is 2.27. The first-order chi connectivity index (χ1) is 7.65. The first-order valence-electron chi connectivity index (χ1n) is 5.91. The molecule has 0 bridgehead atoms. The molecule has 5 nitrogen and oxygen atoms in total. The molecule has 1 fully saturated rings. The second-order valence-electron chi connectivity index (χ2n) is 4.17. The van der Waals surface area contributed by atoms with Gasteiger partial charge in [-0.15, -0.1) is 0 Å². The number of nitrogens with one attached hydrogen (secondary N) is 1. The maximum Gasteiger partial charge on any atom is 0.317 e. The van der Waals surface area contributed by atoms with Crippen molar-refractivity contribution in [3.8, 4) is 0 Å². The molecule has 0 spiro atoms. The summed E-state index contributed by atoms with van der Waals surface area (Å²) in [6.45, 7) is 3.31. The van der Waals surface area contributed by atoms with Gasteiger partial charge in [0, 0.05) is 19.1 Å². The van der Waals surface area contributed by atoms with Gasteiger partial charge in [0.2, 0.25) is 0 Å². The fourth-order valence-electron chi connectivity index (χ4n) is 2.02. The number of carbonyl (C=O) groups excluding carboxylic acids is 1. The zero-order valence-electron chi connectivity index (χ0n) is 9.74. The minimum absolute atomic E-state index is 0.0551. The summed E-state index contributed by atoms with van der Waals surface area (Å²) in [5.41, 5.74) is 0. The summed E-state index contributed by atoms with van der Waals surface area (Å²) in [7, 11) is 0. The maximum absolute atomic E-state index is 11.8. The van der Waals surface area contributed by atoms with Crippen molar-refractivity contribution < 1.29 is 14.7 Å². The number of rotatable bonds is 4. The predicted molar refractivity (Wildman–Crippen MR) is 60.3 cm³/mol. The van der Waals surface area contributed by atoms with Crippen molar-refractivity contribution in [1.29, 1.82) is 0 Å². The van der Waals surface area contributed by atoms with Gasteiger partial charge in [-0.1, -0.05) is 6.92 Å². The summed E-state index contributed by atoms with van der Waals surface area (Å²) < 4.78 is 0. The normalized spacial score (nSPS) is 20.6. The highest BCUT2D eigenvalue weighted by atomic mass is 16.4. The molecule has 0 radical (unpaired) electrons. The Kier molecular flexibility index (Phi) is 5.08. The molecule has 16 heavy (non-hydrogen) atoms. The Morgan fingerprint density at radius 1 is 1.44 bits per heavy atom. The quantitative estimate of drug-likeness (QED) is 0.764. The number of amides is 2. The van der Waals surface area contributed by atoms with Crippen LogP contribution >= 0.6 is 0 Å². The van der Waals surface area contributed by atoms with Crippen molar-refractivity contribution in [1.82, 2.24) is 10.2 Å². The fourth-order valence-corrected chi connectivity index (χ4v) is 2.02. The number of nitrogens with zero attached hydrogens (tertiary/aromatic N) is 1. The summed E-state index contributed by atoms with van der Waals surface area (Å²) in [6, 6.07) is -0.254. The van der Waals surface area contributed by atoms with E-state index in [9.17, 15) is 9.59 Å². The van der Waals surface area contributed by atoms with Crippen LogP contribution in [0.1, 0.15) is 39.0 Å². The van der Waals surface area contributed by atoms with Gasteiger partial charge in [-0.3, -0.25) is 4.79 Å². The van der Waals surface area contributed by atoms with Crippen molar-refractivity contribution in [2.75, 3.05) is 13.1 Å². The second kappa shape index (κ2) is 6.35. The van der Waals surface area contributed by atoms with Gasteiger partial charge >= 0.3 is 12.0 Å². The molecular formula is C11H20N2O3. The lowest BCUT2D eigenvalue weighted by Gasteiger charge is -2.34. The van der Waals surface area contributed by atoms with Gasteiger partial charge in [0.05, 0.1) is 6.42 Å². The number of hydrogen-bond acceptors (Lipinski definition) is 2. The molecule has 0 aromatic carbocycles. The third-order valence-electron chi connectivity index (χ3n) is 2.82. The Hall–Kier alpha value is -1.26. The van der Waals surface area contributed by atoms with E-state index in [-0.39, 0.29) is 18.5 Å². The highest BCUT2D eigenvalue weighted by molar-refractivity contribution is 5.76. The molecule has 2 amide bonds. The Bertz CT molecular complexity index is 256. The number of carboxylic acids is 1. The first kappa shape index (κ1) is 12.8. The second-order valence-corrected chi connectivity index (χ2v) is 4.17. The zero-order valence-corrected chi connectivity index (χ0v) is 9.74. The zero-order chi connectivity index (χ0) is 12.0. The van der Waals surface area contributed by atoms with E-state index in [0.717, 1.165) is 25.7 Å². The SMILES string of the molecule is CCCNC(=O)N1CCCCC1CC(=O)O. The standard InChI is InChI=1S/C11H20N2O3/c1-2-6-12-11(16)13-7-4-3-5-9(13)8-10(14)15/h9H,2-8H2,1H3,(H,12,16)(H,14,15). The van der Waals surface area contributed by atoms with E-state index in [1.54, 1.807) is 4.90 Å². The molecule has 2 N–H and O–H groups in total. The van der Waals surface area contributed by atoms with Gasteiger partial charge in [-0.2, -0.15) is 0 Å². The van der Waals surface area contributed by atoms with E-state index in [0.29, 0.717) is 13.1 Å². The average Bonchev–Trinajstić information content (AvgIpc) is 2.26. The molecule has 1 rings (SSSR count). The van der Waals surface area contributed by atoms with Crippen LogP contribution in [-0.4, -0.2) is 41.1 Å². The number of likely N-dealkylation sites (tertiary alicyclic amines) is 1. The third kappa shape index (κ3) is 3.72. The number of carbonyl (C=O) groups is 2. The third-order valence-corrected chi connectivity index (χ3v) is 2.82. The largest absolute Gasteiger partial charge is 0.481 e. The van der Waals surface area contributed by atoms with Crippen LogP contribution in [0.2, 0.25) is 0 Å². The van der Waals surface area contributed by atoms with E-state index in [2.05, 4.69) is 5.32 Å².